The summed E-state index contributed by atoms with van der Waals surface area (Å²) in [6, 6.07) is 5.48. The molecule has 1 amide bonds. The van der Waals surface area contributed by atoms with E-state index in [-0.39, 0.29) is 11.3 Å². The van der Waals surface area contributed by atoms with Gasteiger partial charge in [-0.25, -0.2) is 4.79 Å². The van der Waals surface area contributed by atoms with Crippen molar-refractivity contribution in [2.45, 2.75) is 38.5 Å². The van der Waals surface area contributed by atoms with Crippen molar-refractivity contribution >= 4 is 11.8 Å². The minimum Gasteiger partial charge on any atom is -0.444 e. The first-order valence-electron chi connectivity index (χ1n) is 6.39. The highest BCUT2D eigenvalue weighted by Gasteiger charge is 2.39. The average molecular weight is 304 g/mol. The van der Waals surface area contributed by atoms with Crippen molar-refractivity contribution in [1.82, 2.24) is 0 Å². The van der Waals surface area contributed by atoms with E-state index in [1.807, 2.05) is 0 Å². The number of halogens is 3. The van der Waals surface area contributed by atoms with Crippen LogP contribution in [0.5, 0.6) is 0 Å². The second-order valence-electron chi connectivity index (χ2n) is 5.58. The van der Waals surface area contributed by atoms with E-state index < -0.39 is 30.3 Å². The van der Waals surface area contributed by atoms with Crippen LogP contribution < -0.4 is 11.1 Å². The normalized spacial score (nSPS) is 13.7. The molecule has 0 aliphatic rings. The van der Waals surface area contributed by atoms with Gasteiger partial charge in [0, 0.05) is 12.2 Å². The molecule has 0 aliphatic heterocycles. The number of ether oxygens (including phenoxy) is 1. The predicted molar refractivity (Wildman–Crippen MR) is 74.1 cm³/mol. The molecule has 0 saturated carbocycles. The summed E-state index contributed by atoms with van der Waals surface area (Å²) < 4.78 is 43.5. The maximum Gasteiger partial charge on any atom is 0.412 e. The molecule has 1 aromatic carbocycles. The summed E-state index contributed by atoms with van der Waals surface area (Å²) in [7, 11) is 0. The van der Waals surface area contributed by atoms with Gasteiger partial charge in [0.1, 0.15) is 5.60 Å². The molecule has 0 aromatic heterocycles. The Bertz CT molecular complexity index is 496. The lowest BCUT2D eigenvalue weighted by Crippen LogP contribution is -2.28. The molecule has 0 saturated heterocycles. The molecule has 7 heteroatoms. The van der Waals surface area contributed by atoms with Crippen molar-refractivity contribution in [3.63, 3.8) is 0 Å². The molecule has 1 rings (SSSR count). The van der Waals surface area contributed by atoms with Gasteiger partial charge in [0.2, 0.25) is 0 Å². The number of anilines is 1. The van der Waals surface area contributed by atoms with Crippen molar-refractivity contribution in [3.8, 4) is 0 Å². The van der Waals surface area contributed by atoms with Crippen LogP contribution in [0.1, 0.15) is 32.3 Å². The molecule has 21 heavy (non-hydrogen) atoms. The quantitative estimate of drug-likeness (QED) is 0.896. The van der Waals surface area contributed by atoms with E-state index in [0.717, 1.165) is 0 Å². The zero-order valence-electron chi connectivity index (χ0n) is 12.1. The Kier molecular flexibility index (Phi) is 5.22. The van der Waals surface area contributed by atoms with Crippen LogP contribution in [0.15, 0.2) is 24.3 Å². The van der Waals surface area contributed by atoms with E-state index in [0.29, 0.717) is 0 Å². The molecule has 3 N–H and O–H groups in total. The topological polar surface area (TPSA) is 64.3 Å². The summed E-state index contributed by atoms with van der Waals surface area (Å²) in [6.07, 6.45) is -5.16. The first-order chi connectivity index (χ1) is 9.53. The van der Waals surface area contributed by atoms with Crippen LogP contribution >= 0.6 is 0 Å². The number of nitrogens with two attached hydrogens (primary N) is 1. The van der Waals surface area contributed by atoms with Gasteiger partial charge in [-0.05, 0) is 38.5 Å². The van der Waals surface area contributed by atoms with Crippen LogP contribution in [0.2, 0.25) is 0 Å². The summed E-state index contributed by atoms with van der Waals surface area (Å²) in [5, 5.41) is 2.40. The van der Waals surface area contributed by atoms with Gasteiger partial charge in [-0.3, -0.25) is 5.32 Å². The van der Waals surface area contributed by atoms with Crippen LogP contribution in [-0.2, 0) is 4.74 Å². The molecule has 1 atom stereocenters. The molecular weight excluding hydrogens is 285 g/mol. The third kappa shape index (κ3) is 5.63. The summed E-state index contributed by atoms with van der Waals surface area (Å²) >= 11 is 0. The monoisotopic (exact) mass is 304 g/mol. The smallest absolute Gasteiger partial charge is 0.412 e. The number of rotatable bonds is 3. The molecule has 4 nitrogen and oxygen atoms in total. The lowest BCUT2D eigenvalue weighted by molar-refractivity contribution is -0.148. The fourth-order valence-corrected chi connectivity index (χ4v) is 1.71. The van der Waals surface area contributed by atoms with Crippen LogP contribution in [0.4, 0.5) is 23.7 Å². The maximum atomic E-state index is 12.8. The molecule has 1 aromatic rings. The van der Waals surface area contributed by atoms with Crippen LogP contribution in [0.25, 0.3) is 0 Å². The standard InChI is InChI=1S/C14H19F3N2O2/c1-13(2,3)21-12(20)19-10-6-4-5-9(7-10)11(8-18)14(15,16)17/h4-7,11H,8,18H2,1-3H3,(H,19,20). The zero-order valence-corrected chi connectivity index (χ0v) is 12.1. The molecule has 1 unspecified atom stereocenters. The van der Waals surface area contributed by atoms with E-state index in [1.54, 1.807) is 20.8 Å². The Morgan fingerprint density at radius 3 is 2.43 bits per heavy atom. The number of nitrogens with one attached hydrogen (secondary N) is 1. The summed E-state index contributed by atoms with van der Waals surface area (Å²) in [4.78, 5) is 11.6. The van der Waals surface area contributed by atoms with E-state index >= 15 is 0 Å². The number of carbonyl (C=O) groups is 1. The third-order valence-corrected chi connectivity index (χ3v) is 2.57. The van der Waals surface area contributed by atoms with Crippen LogP contribution in [0, 0.1) is 0 Å². The van der Waals surface area contributed by atoms with Gasteiger partial charge in [0.25, 0.3) is 0 Å². The van der Waals surface area contributed by atoms with Gasteiger partial charge in [-0.1, -0.05) is 12.1 Å². The molecule has 0 bridgehead atoms. The molecule has 0 aliphatic carbocycles. The SMILES string of the molecule is CC(C)(C)OC(=O)Nc1cccc(C(CN)C(F)(F)F)c1. The Morgan fingerprint density at radius 1 is 1.33 bits per heavy atom. The fourth-order valence-electron chi connectivity index (χ4n) is 1.71. The molecule has 0 radical (unpaired) electrons. The minimum absolute atomic E-state index is 0.00133. The highest BCUT2D eigenvalue weighted by atomic mass is 19.4. The fraction of sp³-hybridized carbons (Fsp3) is 0.500. The van der Waals surface area contributed by atoms with Gasteiger partial charge in [0.05, 0.1) is 5.92 Å². The Hall–Kier alpha value is -1.76. The van der Waals surface area contributed by atoms with Crippen molar-refractivity contribution < 1.29 is 22.7 Å². The van der Waals surface area contributed by atoms with Crippen LogP contribution in [0.3, 0.4) is 0 Å². The lowest BCUT2D eigenvalue weighted by Gasteiger charge is -2.21. The van der Waals surface area contributed by atoms with Gasteiger partial charge >= 0.3 is 12.3 Å². The zero-order chi connectivity index (χ0) is 16.3. The van der Waals surface area contributed by atoms with Gasteiger partial charge in [-0.15, -0.1) is 0 Å². The van der Waals surface area contributed by atoms with E-state index in [1.165, 1.54) is 24.3 Å². The van der Waals surface area contributed by atoms with Crippen molar-refractivity contribution in [3.05, 3.63) is 29.8 Å². The first-order valence-corrected chi connectivity index (χ1v) is 6.39. The van der Waals surface area contributed by atoms with Gasteiger partial charge in [0.15, 0.2) is 0 Å². The van der Waals surface area contributed by atoms with Crippen molar-refractivity contribution in [2.24, 2.45) is 5.73 Å². The molecule has 118 valence electrons. The highest BCUT2D eigenvalue weighted by molar-refractivity contribution is 5.84. The van der Waals surface area contributed by atoms with E-state index in [2.05, 4.69) is 5.32 Å². The van der Waals surface area contributed by atoms with Crippen molar-refractivity contribution in [2.75, 3.05) is 11.9 Å². The number of benzene rings is 1. The van der Waals surface area contributed by atoms with Gasteiger partial charge in [-0.2, -0.15) is 13.2 Å². The van der Waals surface area contributed by atoms with E-state index in [9.17, 15) is 18.0 Å². The Balaban J connectivity index is 2.88. The van der Waals surface area contributed by atoms with Gasteiger partial charge < -0.3 is 10.5 Å². The second kappa shape index (κ2) is 6.34. The number of hydrogen-bond acceptors (Lipinski definition) is 3. The molecular formula is C14H19F3N2O2. The molecule has 0 fully saturated rings. The minimum atomic E-state index is -4.43. The number of hydrogen-bond donors (Lipinski definition) is 2. The Labute approximate surface area is 121 Å². The Morgan fingerprint density at radius 2 is 1.95 bits per heavy atom. The number of amides is 1. The summed E-state index contributed by atoms with van der Waals surface area (Å²) in [5.74, 6) is -1.77. The first kappa shape index (κ1) is 17.3. The number of carbonyl (C=O) groups excluding carboxylic acids is 1. The molecule has 0 spiro atoms. The maximum absolute atomic E-state index is 12.8. The third-order valence-electron chi connectivity index (χ3n) is 2.57. The number of alkyl halides is 3. The van der Waals surface area contributed by atoms with E-state index in [4.69, 9.17) is 10.5 Å². The summed E-state index contributed by atoms with van der Waals surface area (Å²) in [5.41, 5.74) is 4.73. The summed E-state index contributed by atoms with van der Waals surface area (Å²) in [6.45, 7) is 4.52. The second-order valence-corrected chi connectivity index (χ2v) is 5.58. The predicted octanol–water partition coefficient (Wildman–Crippen LogP) is 3.64. The molecule has 0 heterocycles. The largest absolute Gasteiger partial charge is 0.444 e. The highest BCUT2D eigenvalue weighted by Crippen LogP contribution is 2.34. The van der Waals surface area contributed by atoms with Crippen molar-refractivity contribution in [1.29, 1.82) is 0 Å². The average Bonchev–Trinajstić information content (AvgIpc) is 2.25. The van der Waals surface area contributed by atoms with Crippen LogP contribution in [-0.4, -0.2) is 24.4 Å². The lowest BCUT2D eigenvalue weighted by atomic mass is 9.98.